The number of nitriles is 1. The lowest BCUT2D eigenvalue weighted by Gasteiger charge is -2.34. The van der Waals surface area contributed by atoms with Crippen molar-refractivity contribution >= 4 is 5.78 Å². The average molecular weight is 346 g/mol. The van der Waals surface area contributed by atoms with Crippen LogP contribution in [-0.4, -0.2) is 17.4 Å². The lowest BCUT2D eigenvalue weighted by Crippen LogP contribution is -2.35. The molecule has 0 amide bonds. The monoisotopic (exact) mass is 346 g/mol. The Morgan fingerprint density at radius 3 is 2.58 bits per heavy atom. The van der Waals surface area contributed by atoms with E-state index in [2.05, 4.69) is 6.07 Å². The number of benzene rings is 1. The summed E-state index contributed by atoms with van der Waals surface area (Å²) >= 11 is 0. The first-order valence-electron chi connectivity index (χ1n) is 8.82. The molecule has 1 aliphatic carbocycles. The highest BCUT2D eigenvalue weighted by Gasteiger charge is 2.43. The standard InChI is InChI=1S/C22H22N2O2/c1-4-26-20-16(13-22(2,3)21(25)17(20)14-23)19-12-8-11-18(24-19)15-9-6-5-7-10-15/h5-12,16H,4,13H2,1-3H3. The number of pyridine rings is 1. The normalized spacial score (nSPS) is 19.2. The number of carbonyl (C=O) groups is 1. The molecule has 1 heterocycles. The molecule has 4 nitrogen and oxygen atoms in total. The number of carbonyl (C=O) groups excluding carboxylic acids is 1. The van der Waals surface area contributed by atoms with Gasteiger partial charge in [-0.25, -0.2) is 0 Å². The lowest BCUT2D eigenvalue weighted by molar-refractivity contribution is -0.124. The van der Waals surface area contributed by atoms with E-state index in [0.29, 0.717) is 18.8 Å². The molecule has 0 spiro atoms. The van der Waals surface area contributed by atoms with Gasteiger partial charge in [0.05, 0.1) is 23.9 Å². The van der Waals surface area contributed by atoms with Gasteiger partial charge in [-0.1, -0.05) is 50.2 Å². The van der Waals surface area contributed by atoms with Crippen molar-refractivity contribution < 1.29 is 9.53 Å². The first-order chi connectivity index (χ1) is 12.5. The highest BCUT2D eigenvalue weighted by molar-refractivity contribution is 6.04. The molecule has 1 aliphatic rings. The molecular formula is C22H22N2O2. The highest BCUT2D eigenvalue weighted by atomic mass is 16.5. The second kappa shape index (κ2) is 7.13. The molecule has 0 saturated heterocycles. The lowest BCUT2D eigenvalue weighted by atomic mass is 9.70. The average Bonchev–Trinajstić information content (AvgIpc) is 2.66. The summed E-state index contributed by atoms with van der Waals surface area (Å²) in [4.78, 5) is 17.5. The van der Waals surface area contributed by atoms with Crippen molar-refractivity contribution in [3.05, 3.63) is 65.6 Å². The van der Waals surface area contributed by atoms with Gasteiger partial charge < -0.3 is 4.74 Å². The van der Waals surface area contributed by atoms with E-state index in [4.69, 9.17) is 9.72 Å². The first kappa shape index (κ1) is 17.9. The van der Waals surface area contributed by atoms with Gasteiger partial charge in [0.2, 0.25) is 0 Å². The largest absolute Gasteiger partial charge is 0.496 e. The molecule has 1 aromatic carbocycles. The van der Waals surface area contributed by atoms with Crippen LogP contribution < -0.4 is 0 Å². The van der Waals surface area contributed by atoms with E-state index < -0.39 is 5.41 Å². The minimum absolute atomic E-state index is 0.125. The second-order valence-electron chi connectivity index (χ2n) is 7.07. The van der Waals surface area contributed by atoms with E-state index >= 15 is 0 Å². The van der Waals surface area contributed by atoms with Gasteiger partial charge in [-0.2, -0.15) is 5.26 Å². The number of ether oxygens (including phenoxy) is 1. The zero-order valence-electron chi connectivity index (χ0n) is 15.3. The number of hydrogen-bond acceptors (Lipinski definition) is 4. The minimum Gasteiger partial charge on any atom is -0.496 e. The van der Waals surface area contributed by atoms with Crippen molar-refractivity contribution in [3.63, 3.8) is 0 Å². The predicted molar refractivity (Wildman–Crippen MR) is 100 cm³/mol. The number of hydrogen-bond donors (Lipinski definition) is 0. The quantitative estimate of drug-likeness (QED) is 0.808. The van der Waals surface area contributed by atoms with Gasteiger partial charge in [-0.15, -0.1) is 0 Å². The van der Waals surface area contributed by atoms with E-state index in [0.717, 1.165) is 17.0 Å². The minimum atomic E-state index is -0.624. The van der Waals surface area contributed by atoms with Crippen LogP contribution in [0, 0.1) is 16.7 Å². The molecule has 0 bridgehead atoms. The summed E-state index contributed by atoms with van der Waals surface area (Å²) < 4.78 is 5.76. The summed E-state index contributed by atoms with van der Waals surface area (Å²) in [6.45, 7) is 6.02. The molecule has 0 saturated carbocycles. The van der Waals surface area contributed by atoms with Crippen molar-refractivity contribution in [2.45, 2.75) is 33.1 Å². The fourth-order valence-corrected chi connectivity index (χ4v) is 3.41. The van der Waals surface area contributed by atoms with E-state index in [9.17, 15) is 10.1 Å². The fraction of sp³-hybridized carbons (Fsp3) is 0.318. The van der Waals surface area contributed by atoms with Crippen molar-refractivity contribution in [1.82, 2.24) is 4.98 Å². The summed E-state index contributed by atoms with van der Waals surface area (Å²) in [5, 5.41) is 9.56. The van der Waals surface area contributed by atoms with E-state index in [-0.39, 0.29) is 17.3 Å². The van der Waals surface area contributed by atoms with Crippen molar-refractivity contribution in [2.75, 3.05) is 6.61 Å². The summed E-state index contributed by atoms with van der Waals surface area (Å²) in [5.41, 5.74) is 2.22. The number of Topliss-reactive ketones (excluding diaryl/α,β-unsaturated/α-hetero) is 1. The topological polar surface area (TPSA) is 63.0 Å². The van der Waals surface area contributed by atoms with Crippen LogP contribution in [0.25, 0.3) is 11.3 Å². The third-order valence-corrected chi connectivity index (χ3v) is 4.73. The molecule has 0 fully saturated rings. The van der Waals surface area contributed by atoms with E-state index in [1.165, 1.54) is 0 Å². The van der Waals surface area contributed by atoms with E-state index in [1.54, 1.807) is 0 Å². The van der Waals surface area contributed by atoms with Crippen molar-refractivity contribution in [2.24, 2.45) is 5.41 Å². The van der Waals surface area contributed by atoms with Crippen LogP contribution in [0.4, 0.5) is 0 Å². The molecule has 132 valence electrons. The predicted octanol–water partition coefficient (Wildman–Crippen LogP) is 4.65. The Labute approximate surface area is 154 Å². The summed E-state index contributed by atoms with van der Waals surface area (Å²) in [6, 6.07) is 17.9. The Kier molecular flexibility index (Phi) is 4.90. The zero-order valence-corrected chi connectivity index (χ0v) is 15.3. The Morgan fingerprint density at radius 1 is 1.19 bits per heavy atom. The van der Waals surface area contributed by atoms with Gasteiger partial charge >= 0.3 is 0 Å². The van der Waals surface area contributed by atoms with Crippen LogP contribution in [0.2, 0.25) is 0 Å². The Hall–Kier alpha value is -2.93. The van der Waals surface area contributed by atoms with Crippen molar-refractivity contribution in [1.29, 1.82) is 5.26 Å². The number of aromatic nitrogens is 1. The third-order valence-electron chi connectivity index (χ3n) is 4.73. The van der Waals surface area contributed by atoms with Crippen LogP contribution in [0.5, 0.6) is 0 Å². The Bertz CT molecular complexity index is 892. The van der Waals surface area contributed by atoms with Crippen LogP contribution in [0.15, 0.2) is 59.9 Å². The molecule has 4 heteroatoms. The molecular weight excluding hydrogens is 324 g/mol. The third kappa shape index (κ3) is 3.25. The maximum atomic E-state index is 12.6. The van der Waals surface area contributed by atoms with Gasteiger partial charge in [0.15, 0.2) is 5.78 Å². The molecule has 1 aromatic heterocycles. The number of ketones is 1. The van der Waals surface area contributed by atoms with Gasteiger partial charge in [0.25, 0.3) is 0 Å². The van der Waals surface area contributed by atoms with Crippen LogP contribution in [0.3, 0.4) is 0 Å². The molecule has 0 aliphatic heterocycles. The van der Waals surface area contributed by atoms with Crippen LogP contribution in [-0.2, 0) is 9.53 Å². The van der Waals surface area contributed by atoms with Crippen LogP contribution >= 0.6 is 0 Å². The first-order valence-corrected chi connectivity index (χ1v) is 8.82. The molecule has 2 aromatic rings. The van der Waals surface area contributed by atoms with Gasteiger partial charge in [-0.3, -0.25) is 9.78 Å². The van der Waals surface area contributed by atoms with Crippen molar-refractivity contribution in [3.8, 4) is 17.3 Å². The summed E-state index contributed by atoms with van der Waals surface area (Å²) in [5.74, 6) is 0.0944. The number of nitrogens with zero attached hydrogens (tertiary/aromatic N) is 2. The number of rotatable bonds is 4. The molecule has 3 rings (SSSR count). The zero-order chi connectivity index (χ0) is 18.7. The fourth-order valence-electron chi connectivity index (χ4n) is 3.41. The Balaban J connectivity index is 2.11. The Morgan fingerprint density at radius 2 is 1.92 bits per heavy atom. The molecule has 0 N–H and O–H groups in total. The summed E-state index contributed by atoms with van der Waals surface area (Å²) in [6.07, 6.45) is 0.567. The smallest absolute Gasteiger partial charge is 0.182 e. The molecule has 0 radical (unpaired) electrons. The molecule has 26 heavy (non-hydrogen) atoms. The van der Waals surface area contributed by atoms with Gasteiger partial charge in [-0.05, 0) is 25.5 Å². The molecule has 1 unspecified atom stereocenters. The maximum absolute atomic E-state index is 12.6. The molecule has 1 atom stereocenters. The van der Waals surface area contributed by atoms with Gasteiger partial charge in [0, 0.05) is 11.0 Å². The maximum Gasteiger partial charge on any atom is 0.182 e. The van der Waals surface area contributed by atoms with E-state index in [1.807, 2.05) is 69.3 Å². The SMILES string of the molecule is CCOC1=C(C#N)C(=O)C(C)(C)CC1c1cccc(-c2ccccc2)n1. The van der Waals surface area contributed by atoms with Gasteiger partial charge in [0.1, 0.15) is 17.4 Å². The summed E-state index contributed by atoms with van der Waals surface area (Å²) in [7, 11) is 0. The second-order valence-corrected chi connectivity index (χ2v) is 7.07. The van der Waals surface area contributed by atoms with Crippen LogP contribution in [0.1, 0.15) is 38.8 Å². The highest BCUT2D eigenvalue weighted by Crippen LogP contribution is 2.44. The number of allylic oxidation sites excluding steroid dienone is 2.